The Balaban J connectivity index is 3.19. The molecule has 0 aliphatic carbocycles. The summed E-state index contributed by atoms with van der Waals surface area (Å²) >= 11 is 0. The maximum atomic E-state index is 9.41. The van der Waals surface area contributed by atoms with Crippen LogP contribution >= 0.6 is 0 Å². The molecular weight excluding hydrogens is 154 g/mol. The summed E-state index contributed by atoms with van der Waals surface area (Å²) in [6.07, 6.45) is 0. The van der Waals surface area contributed by atoms with Crippen molar-refractivity contribution in [2.24, 2.45) is 5.73 Å². The van der Waals surface area contributed by atoms with Gasteiger partial charge in [0, 0.05) is 12.1 Å². The van der Waals surface area contributed by atoms with Crippen LogP contribution in [0.4, 0.5) is 0 Å². The van der Waals surface area contributed by atoms with Gasteiger partial charge in [0.25, 0.3) is 0 Å². The van der Waals surface area contributed by atoms with Gasteiger partial charge in [0.1, 0.15) is 11.5 Å². The fourth-order valence-corrected chi connectivity index (χ4v) is 1.06. The number of ether oxygens (including phenoxy) is 1. The number of hydrogen-bond acceptors (Lipinski definition) is 3. The van der Waals surface area contributed by atoms with Crippen molar-refractivity contribution in [3.05, 3.63) is 23.3 Å². The van der Waals surface area contributed by atoms with Gasteiger partial charge in [0.15, 0.2) is 0 Å². The van der Waals surface area contributed by atoms with Crippen LogP contribution in [0.3, 0.4) is 0 Å². The van der Waals surface area contributed by atoms with Gasteiger partial charge in [0.2, 0.25) is 0 Å². The zero-order valence-corrected chi connectivity index (χ0v) is 7.29. The van der Waals surface area contributed by atoms with Crippen molar-refractivity contribution in [1.82, 2.24) is 0 Å². The summed E-state index contributed by atoms with van der Waals surface area (Å²) in [5.74, 6) is 0.908. The molecule has 0 fully saturated rings. The maximum Gasteiger partial charge on any atom is 0.125 e. The summed E-state index contributed by atoms with van der Waals surface area (Å²) in [7, 11) is 1.57. The van der Waals surface area contributed by atoms with E-state index in [0.29, 0.717) is 12.3 Å². The quantitative estimate of drug-likeness (QED) is 0.695. The minimum Gasteiger partial charge on any atom is -0.508 e. The molecule has 3 N–H and O–H groups in total. The highest BCUT2D eigenvalue weighted by molar-refractivity contribution is 5.46. The van der Waals surface area contributed by atoms with Crippen molar-refractivity contribution >= 4 is 0 Å². The van der Waals surface area contributed by atoms with Crippen molar-refractivity contribution in [1.29, 1.82) is 0 Å². The molecule has 0 amide bonds. The number of benzene rings is 1. The average Bonchev–Trinajstić information content (AvgIpc) is 2.09. The standard InChI is InChI=1S/C9H13NO2/c1-6-8(11)3-7(5-10)4-9(6)12-2/h3-4,11H,5,10H2,1-2H3. The summed E-state index contributed by atoms with van der Waals surface area (Å²) < 4.78 is 5.05. The van der Waals surface area contributed by atoms with Crippen LogP contribution in [0.2, 0.25) is 0 Å². The number of methoxy groups -OCH3 is 1. The molecule has 66 valence electrons. The smallest absolute Gasteiger partial charge is 0.125 e. The molecule has 12 heavy (non-hydrogen) atoms. The maximum absolute atomic E-state index is 9.41. The molecule has 0 saturated heterocycles. The van der Waals surface area contributed by atoms with Crippen molar-refractivity contribution < 1.29 is 9.84 Å². The van der Waals surface area contributed by atoms with E-state index in [9.17, 15) is 5.11 Å². The highest BCUT2D eigenvalue weighted by Crippen LogP contribution is 2.27. The largest absolute Gasteiger partial charge is 0.508 e. The average molecular weight is 167 g/mol. The normalized spacial score (nSPS) is 9.92. The molecule has 1 rings (SSSR count). The molecule has 0 unspecified atom stereocenters. The Hall–Kier alpha value is -1.22. The monoisotopic (exact) mass is 167 g/mol. The van der Waals surface area contributed by atoms with Gasteiger partial charge in [-0.15, -0.1) is 0 Å². The Kier molecular flexibility index (Phi) is 2.55. The number of aromatic hydroxyl groups is 1. The predicted molar refractivity (Wildman–Crippen MR) is 47.3 cm³/mol. The lowest BCUT2D eigenvalue weighted by Crippen LogP contribution is -1.98. The molecule has 0 atom stereocenters. The van der Waals surface area contributed by atoms with E-state index in [0.717, 1.165) is 11.1 Å². The van der Waals surface area contributed by atoms with E-state index < -0.39 is 0 Å². The second-order valence-electron chi connectivity index (χ2n) is 2.65. The first-order valence-corrected chi connectivity index (χ1v) is 3.75. The minimum absolute atomic E-state index is 0.231. The van der Waals surface area contributed by atoms with Crippen molar-refractivity contribution in [2.45, 2.75) is 13.5 Å². The Morgan fingerprint density at radius 1 is 1.50 bits per heavy atom. The molecule has 3 nitrogen and oxygen atoms in total. The van der Waals surface area contributed by atoms with E-state index in [1.54, 1.807) is 20.1 Å². The summed E-state index contributed by atoms with van der Waals surface area (Å²) in [6, 6.07) is 3.48. The van der Waals surface area contributed by atoms with Gasteiger partial charge in [-0.2, -0.15) is 0 Å². The van der Waals surface area contributed by atoms with E-state index in [2.05, 4.69) is 0 Å². The van der Waals surface area contributed by atoms with Gasteiger partial charge in [-0.1, -0.05) is 0 Å². The first-order valence-electron chi connectivity index (χ1n) is 3.75. The van der Waals surface area contributed by atoms with E-state index in [1.165, 1.54) is 0 Å². The van der Waals surface area contributed by atoms with Crippen LogP contribution in [0, 0.1) is 6.92 Å². The van der Waals surface area contributed by atoms with Crippen LogP contribution in [-0.4, -0.2) is 12.2 Å². The fraction of sp³-hybridized carbons (Fsp3) is 0.333. The highest BCUT2D eigenvalue weighted by Gasteiger charge is 2.04. The lowest BCUT2D eigenvalue weighted by molar-refractivity contribution is 0.402. The molecule has 0 spiro atoms. The van der Waals surface area contributed by atoms with Crippen molar-refractivity contribution in [3.8, 4) is 11.5 Å². The zero-order chi connectivity index (χ0) is 9.14. The molecular formula is C9H13NO2. The van der Waals surface area contributed by atoms with Crippen LogP contribution in [0.25, 0.3) is 0 Å². The Labute approximate surface area is 71.8 Å². The van der Waals surface area contributed by atoms with Gasteiger partial charge < -0.3 is 15.6 Å². The summed E-state index contributed by atoms with van der Waals surface area (Å²) in [6.45, 7) is 2.21. The van der Waals surface area contributed by atoms with Crippen LogP contribution in [-0.2, 0) is 6.54 Å². The fourth-order valence-electron chi connectivity index (χ4n) is 1.06. The first kappa shape index (κ1) is 8.87. The molecule has 0 radical (unpaired) electrons. The van der Waals surface area contributed by atoms with Gasteiger partial charge in [-0.05, 0) is 24.6 Å². The summed E-state index contributed by atoms with van der Waals surface area (Å²) in [4.78, 5) is 0. The molecule has 0 aromatic heterocycles. The third kappa shape index (κ3) is 1.51. The molecule has 1 aromatic carbocycles. The molecule has 1 aromatic rings. The SMILES string of the molecule is COc1cc(CN)cc(O)c1C. The topological polar surface area (TPSA) is 55.5 Å². The highest BCUT2D eigenvalue weighted by atomic mass is 16.5. The molecule has 0 heterocycles. The molecule has 3 heteroatoms. The molecule has 0 aliphatic heterocycles. The first-order chi connectivity index (χ1) is 5.69. The predicted octanol–water partition coefficient (Wildman–Crippen LogP) is 1.17. The lowest BCUT2D eigenvalue weighted by atomic mass is 10.1. The van der Waals surface area contributed by atoms with Gasteiger partial charge in [-0.25, -0.2) is 0 Å². The van der Waals surface area contributed by atoms with Crippen molar-refractivity contribution in [3.63, 3.8) is 0 Å². The number of rotatable bonds is 2. The number of phenolic OH excluding ortho intramolecular Hbond substituents is 1. The number of hydrogen-bond donors (Lipinski definition) is 2. The summed E-state index contributed by atoms with van der Waals surface area (Å²) in [5.41, 5.74) is 7.04. The third-order valence-electron chi connectivity index (χ3n) is 1.85. The zero-order valence-electron chi connectivity index (χ0n) is 7.29. The number of nitrogens with two attached hydrogens (primary N) is 1. The Bertz CT molecular complexity index is 284. The van der Waals surface area contributed by atoms with Crippen LogP contribution in [0.1, 0.15) is 11.1 Å². The third-order valence-corrected chi connectivity index (χ3v) is 1.85. The molecule has 0 aliphatic rings. The second-order valence-corrected chi connectivity index (χ2v) is 2.65. The van der Waals surface area contributed by atoms with Crippen molar-refractivity contribution in [2.75, 3.05) is 7.11 Å². The van der Waals surface area contributed by atoms with Crippen LogP contribution in [0.15, 0.2) is 12.1 Å². The van der Waals surface area contributed by atoms with E-state index >= 15 is 0 Å². The molecule has 0 bridgehead atoms. The minimum atomic E-state index is 0.231. The Morgan fingerprint density at radius 2 is 2.17 bits per heavy atom. The van der Waals surface area contributed by atoms with E-state index in [1.807, 2.05) is 6.07 Å². The van der Waals surface area contributed by atoms with Gasteiger partial charge in [-0.3, -0.25) is 0 Å². The lowest BCUT2D eigenvalue weighted by Gasteiger charge is -2.08. The molecule has 0 saturated carbocycles. The van der Waals surface area contributed by atoms with Crippen LogP contribution < -0.4 is 10.5 Å². The van der Waals surface area contributed by atoms with Gasteiger partial charge >= 0.3 is 0 Å². The van der Waals surface area contributed by atoms with Crippen LogP contribution in [0.5, 0.6) is 11.5 Å². The second kappa shape index (κ2) is 3.45. The van der Waals surface area contributed by atoms with E-state index in [-0.39, 0.29) is 5.75 Å². The van der Waals surface area contributed by atoms with E-state index in [4.69, 9.17) is 10.5 Å². The summed E-state index contributed by atoms with van der Waals surface area (Å²) in [5, 5.41) is 9.41. The van der Waals surface area contributed by atoms with Gasteiger partial charge in [0.05, 0.1) is 7.11 Å². The number of phenols is 1. The Morgan fingerprint density at radius 3 is 2.67 bits per heavy atom.